The second-order valence-electron chi connectivity index (χ2n) is 11.6. The van der Waals surface area contributed by atoms with Gasteiger partial charge in [0.1, 0.15) is 29.4 Å². The number of benzene rings is 2. The third kappa shape index (κ3) is 7.89. The number of piperidine rings is 1. The highest BCUT2D eigenvalue weighted by atomic mass is 32.2. The summed E-state index contributed by atoms with van der Waals surface area (Å²) in [5, 5.41) is 10.3. The van der Waals surface area contributed by atoms with Crippen LogP contribution in [-0.4, -0.2) is 84.7 Å². The number of amides is 1. The molecule has 0 bridgehead atoms. The molecule has 1 amide bonds. The molecule has 45 heavy (non-hydrogen) atoms. The monoisotopic (exact) mass is 650 g/mol. The first kappa shape index (κ1) is 33.4. The molecular formula is C32H38F4N4O4S. The van der Waals surface area contributed by atoms with E-state index in [0.29, 0.717) is 92.3 Å². The van der Waals surface area contributed by atoms with Gasteiger partial charge in [-0.2, -0.15) is 0 Å². The van der Waals surface area contributed by atoms with Gasteiger partial charge in [-0.25, -0.2) is 23.0 Å². The number of halogens is 4. The van der Waals surface area contributed by atoms with Gasteiger partial charge in [-0.3, -0.25) is 19.9 Å². The Bertz CT molecular complexity index is 1460. The standard InChI is InChI=1S/C32H38F4N4O4S/c1-43-23-2-3-28-24(18-23)29(21(19-37-28)20-40-10-13-44-14-11-40)25(34)4-5-32(31(41)38-42)6-8-39(9-7-32)12-15-45-30-26(35)16-22(33)17-27(30)36/h2-3,16-19,25,42H,4-15,20H2,1H3,(H,38,41)/t25-/m1/s1. The van der Waals surface area contributed by atoms with Crippen molar-refractivity contribution < 1.29 is 37.0 Å². The number of carbonyl (C=O) groups is 1. The summed E-state index contributed by atoms with van der Waals surface area (Å²) in [6.07, 6.45) is 1.33. The molecule has 1 atom stereocenters. The lowest BCUT2D eigenvalue weighted by molar-refractivity contribution is -0.143. The van der Waals surface area contributed by atoms with Crippen molar-refractivity contribution in [2.24, 2.45) is 5.41 Å². The molecule has 8 nitrogen and oxygen atoms in total. The fourth-order valence-electron chi connectivity index (χ4n) is 6.26. The van der Waals surface area contributed by atoms with Gasteiger partial charge in [-0.05, 0) is 62.5 Å². The van der Waals surface area contributed by atoms with E-state index in [0.717, 1.165) is 30.4 Å². The van der Waals surface area contributed by atoms with E-state index in [1.807, 2.05) is 0 Å². The second-order valence-corrected chi connectivity index (χ2v) is 12.7. The number of hydrogen-bond donors (Lipinski definition) is 2. The zero-order chi connectivity index (χ0) is 32.0. The van der Waals surface area contributed by atoms with Crippen LogP contribution in [-0.2, 0) is 16.1 Å². The Morgan fingerprint density at radius 1 is 1.11 bits per heavy atom. The van der Waals surface area contributed by atoms with Gasteiger partial charge in [0.15, 0.2) is 0 Å². The number of morpholine rings is 1. The average Bonchev–Trinajstić information content (AvgIpc) is 3.05. The van der Waals surface area contributed by atoms with Gasteiger partial charge in [-0.15, -0.1) is 11.8 Å². The van der Waals surface area contributed by atoms with E-state index in [-0.39, 0.29) is 17.7 Å². The molecular weight excluding hydrogens is 612 g/mol. The highest BCUT2D eigenvalue weighted by Crippen LogP contribution is 2.42. The number of rotatable bonds is 12. The lowest BCUT2D eigenvalue weighted by atomic mass is 9.73. The Morgan fingerprint density at radius 2 is 1.82 bits per heavy atom. The topological polar surface area (TPSA) is 87.2 Å². The molecule has 2 fully saturated rings. The predicted molar refractivity (Wildman–Crippen MR) is 163 cm³/mol. The van der Waals surface area contributed by atoms with Crippen molar-refractivity contribution >= 4 is 28.6 Å². The van der Waals surface area contributed by atoms with Crippen LogP contribution >= 0.6 is 11.8 Å². The Kier molecular flexibility index (Phi) is 11.2. The maximum absolute atomic E-state index is 16.5. The zero-order valence-electron chi connectivity index (χ0n) is 25.2. The SMILES string of the molecule is COc1ccc2ncc(CN3CCOCC3)c([C@H](F)CCC3(C(=O)NO)CCN(CCSc4c(F)cc(F)cc4F)CC3)c2c1. The quantitative estimate of drug-likeness (QED) is 0.112. The molecule has 0 saturated carbocycles. The number of nitrogens with one attached hydrogen (secondary N) is 1. The van der Waals surface area contributed by atoms with Crippen LogP contribution in [0.15, 0.2) is 41.4 Å². The fraction of sp³-hybridized carbons (Fsp3) is 0.500. The van der Waals surface area contributed by atoms with E-state index in [1.165, 1.54) is 0 Å². The molecule has 2 saturated heterocycles. The number of pyridine rings is 1. The minimum absolute atomic E-state index is 0.0544. The number of nitrogens with zero attached hydrogens (tertiary/aromatic N) is 3. The molecule has 0 unspecified atom stereocenters. The highest BCUT2D eigenvalue weighted by molar-refractivity contribution is 7.99. The lowest BCUT2D eigenvalue weighted by Crippen LogP contribution is -2.48. The van der Waals surface area contributed by atoms with Gasteiger partial charge in [0.2, 0.25) is 5.91 Å². The Hall–Kier alpha value is -2.97. The summed E-state index contributed by atoms with van der Waals surface area (Å²) in [6, 6.07) is 6.69. The normalized spacial score (nSPS) is 18.2. The molecule has 0 aliphatic carbocycles. The van der Waals surface area contributed by atoms with Crippen molar-refractivity contribution in [3.63, 3.8) is 0 Å². The first-order valence-electron chi connectivity index (χ1n) is 15.1. The number of carbonyl (C=O) groups excluding carboxylic acids is 1. The first-order valence-corrected chi connectivity index (χ1v) is 16.1. The van der Waals surface area contributed by atoms with E-state index >= 15 is 4.39 Å². The summed E-state index contributed by atoms with van der Waals surface area (Å²) in [5.74, 6) is -2.45. The van der Waals surface area contributed by atoms with Crippen LogP contribution in [0.3, 0.4) is 0 Å². The van der Waals surface area contributed by atoms with Crippen LogP contribution in [0.25, 0.3) is 10.9 Å². The number of alkyl halides is 1. The summed E-state index contributed by atoms with van der Waals surface area (Å²) in [7, 11) is 1.56. The van der Waals surface area contributed by atoms with Crippen LogP contribution in [0, 0.1) is 22.9 Å². The molecule has 2 aliphatic rings. The Labute approximate surface area is 264 Å². The molecule has 2 aromatic carbocycles. The summed E-state index contributed by atoms with van der Waals surface area (Å²) in [6.45, 7) is 4.65. The number of methoxy groups -OCH3 is 1. The van der Waals surface area contributed by atoms with E-state index < -0.39 is 34.9 Å². The summed E-state index contributed by atoms with van der Waals surface area (Å²) < 4.78 is 68.7. The third-order valence-electron chi connectivity index (χ3n) is 8.90. The van der Waals surface area contributed by atoms with Gasteiger partial charge in [0.05, 0.1) is 36.2 Å². The van der Waals surface area contributed by atoms with Crippen LogP contribution < -0.4 is 10.2 Å². The predicted octanol–water partition coefficient (Wildman–Crippen LogP) is 5.66. The van der Waals surface area contributed by atoms with Crippen molar-refractivity contribution in [1.82, 2.24) is 20.3 Å². The lowest BCUT2D eigenvalue weighted by Gasteiger charge is -2.40. The van der Waals surface area contributed by atoms with Gasteiger partial charge in [0, 0.05) is 61.2 Å². The minimum atomic E-state index is -1.41. The number of thioether (sulfide) groups is 1. The second kappa shape index (κ2) is 15.1. The highest BCUT2D eigenvalue weighted by Gasteiger charge is 2.42. The Balaban J connectivity index is 1.27. The van der Waals surface area contributed by atoms with Crippen molar-refractivity contribution in [2.45, 2.75) is 43.3 Å². The largest absolute Gasteiger partial charge is 0.497 e. The molecule has 2 aliphatic heterocycles. The molecule has 1 aromatic heterocycles. The maximum atomic E-state index is 16.5. The van der Waals surface area contributed by atoms with E-state index in [2.05, 4.69) is 14.8 Å². The van der Waals surface area contributed by atoms with Crippen molar-refractivity contribution in [3.05, 3.63) is 65.1 Å². The third-order valence-corrected chi connectivity index (χ3v) is 9.97. The van der Waals surface area contributed by atoms with E-state index in [4.69, 9.17) is 9.47 Å². The number of hydroxylamine groups is 1. The number of aromatic nitrogens is 1. The van der Waals surface area contributed by atoms with E-state index in [9.17, 15) is 23.2 Å². The van der Waals surface area contributed by atoms with Crippen LogP contribution in [0.1, 0.15) is 43.0 Å². The van der Waals surface area contributed by atoms with Gasteiger partial charge < -0.3 is 14.4 Å². The molecule has 13 heteroatoms. The van der Waals surface area contributed by atoms with Crippen molar-refractivity contribution in [2.75, 3.05) is 58.8 Å². The first-order chi connectivity index (χ1) is 21.7. The molecule has 0 radical (unpaired) electrons. The molecule has 0 spiro atoms. The van der Waals surface area contributed by atoms with Gasteiger partial charge in [-0.1, -0.05) is 0 Å². The molecule has 2 N–H and O–H groups in total. The fourth-order valence-corrected chi connectivity index (χ4v) is 7.21. The number of hydrogen-bond acceptors (Lipinski definition) is 8. The van der Waals surface area contributed by atoms with E-state index in [1.54, 1.807) is 37.0 Å². The van der Waals surface area contributed by atoms with Crippen LogP contribution in [0.5, 0.6) is 5.75 Å². The number of fused-ring (bicyclic) bond motifs is 1. The molecule has 3 heterocycles. The summed E-state index contributed by atoms with van der Waals surface area (Å²) in [5.41, 5.74) is 2.76. The Morgan fingerprint density at radius 3 is 2.49 bits per heavy atom. The summed E-state index contributed by atoms with van der Waals surface area (Å²) >= 11 is 0.964. The van der Waals surface area contributed by atoms with Gasteiger partial charge >= 0.3 is 0 Å². The average molecular weight is 651 g/mol. The minimum Gasteiger partial charge on any atom is -0.497 e. The molecule has 5 rings (SSSR count). The number of ether oxygens (including phenoxy) is 2. The molecule has 244 valence electrons. The van der Waals surface area contributed by atoms with Crippen LogP contribution in [0.2, 0.25) is 0 Å². The van der Waals surface area contributed by atoms with Crippen molar-refractivity contribution in [1.29, 1.82) is 0 Å². The maximum Gasteiger partial charge on any atom is 0.249 e. The van der Waals surface area contributed by atoms with Crippen LogP contribution in [0.4, 0.5) is 17.6 Å². The van der Waals surface area contributed by atoms with Gasteiger partial charge in [0.25, 0.3) is 0 Å². The molecule has 3 aromatic rings. The number of likely N-dealkylation sites (tertiary alicyclic amines) is 1. The smallest absolute Gasteiger partial charge is 0.249 e. The zero-order valence-corrected chi connectivity index (χ0v) is 26.0. The summed E-state index contributed by atoms with van der Waals surface area (Å²) in [4.78, 5) is 21.6. The van der Waals surface area contributed by atoms with Crippen molar-refractivity contribution in [3.8, 4) is 5.75 Å².